The summed E-state index contributed by atoms with van der Waals surface area (Å²) >= 11 is 4.89. The van der Waals surface area contributed by atoms with Crippen molar-refractivity contribution in [2.45, 2.75) is 19.4 Å². The molecule has 2 N–H and O–H groups in total. The molecule has 0 bridgehead atoms. The maximum Gasteiger partial charge on any atom is 0.222 e. The molecule has 0 radical (unpaired) electrons. The van der Waals surface area contributed by atoms with Gasteiger partial charge in [0.1, 0.15) is 12.4 Å². The van der Waals surface area contributed by atoms with Crippen molar-refractivity contribution >= 4 is 39.1 Å². The number of amides is 2. The zero-order valence-electron chi connectivity index (χ0n) is 13.3. The van der Waals surface area contributed by atoms with Crippen molar-refractivity contribution in [3.05, 3.63) is 51.1 Å². The molecule has 2 rings (SSSR count). The van der Waals surface area contributed by atoms with Crippen molar-refractivity contribution < 1.29 is 14.3 Å². The van der Waals surface area contributed by atoms with Gasteiger partial charge in [0, 0.05) is 16.3 Å². The van der Waals surface area contributed by atoms with Crippen LogP contribution in [-0.2, 0) is 9.59 Å². The summed E-state index contributed by atoms with van der Waals surface area (Å²) in [5, 5.41) is 7.55. The Bertz CT molecular complexity index is 676. The summed E-state index contributed by atoms with van der Waals surface area (Å²) in [6.45, 7) is 2.24. The Morgan fingerprint density at radius 2 is 2.12 bits per heavy atom. The largest absolute Gasteiger partial charge is 0.492 e. The van der Waals surface area contributed by atoms with E-state index < -0.39 is 0 Å². The number of benzene rings is 1. The summed E-state index contributed by atoms with van der Waals surface area (Å²) in [5.74, 6) is 0.465. The molecule has 2 amide bonds. The highest BCUT2D eigenvalue weighted by Crippen LogP contribution is 2.22. The third kappa shape index (κ3) is 6.33. The standard InChI is InChI=1S/C17H19BrN2O3S/c1-12(21)20-15(16-6-3-9-24-16)11-17(22)19-7-8-23-14-5-2-4-13(18)10-14/h2-6,9-10,15H,7-8,11H2,1H3,(H,19,22)(H,20,21). The smallest absolute Gasteiger partial charge is 0.222 e. The second-order valence-electron chi connectivity index (χ2n) is 5.13. The third-order valence-corrected chi connectivity index (χ3v) is 4.62. The van der Waals surface area contributed by atoms with E-state index in [1.807, 2.05) is 41.8 Å². The van der Waals surface area contributed by atoms with Crippen molar-refractivity contribution in [1.82, 2.24) is 10.6 Å². The van der Waals surface area contributed by atoms with Gasteiger partial charge in [0.25, 0.3) is 0 Å². The van der Waals surface area contributed by atoms with Gasteiger partial charge in [0.15, 0.2) is 0 Å². The van der Waals surface area contributed by atoms with Crippen LogP contribution in [0.2, 0.25) is 0 Å². The zero-order valence-corrected chi connectivity index (χ0v) is 15.7. The molecule has 0 aliphatic rings. The highest BCUT2D eigenvalue weighted by Gasteiger charge is 2.17. The van der Waals surface area contributed by atoms with E-state index in [1.165, 1.54) is 18.3 Å². The van der Waals surface area contributed by atoms with Gasteiger partial charge in [0.05, 0.1) is 19.0 Å². The minimum absolute atomic E-state index is 0.125. The molecule has 0 aliphatic carbocycles. The Balaban J connectivity index is 1.76. The Kier molecular flexibility index (Phi) is 7.27. The van der Waals surface area contributed by atoms with E-state index in [2.05, 4.69) is 26.6 Å². The molecule has 0 saturated carbocycles. The Morgan fingerprint density at radius 1 is 1.29 bits per heavy atom. The average Bonchev–Trinajstić information content (AvgIpc) is 3.05. The van der Waals surface area contributed by atoms with Crippen LogP contribution in [0.25, 0.3) is 0 Å². The second-order valence-corrected chi connectivity index (χ2v) is 7.02. The maximum atomic E-state index is 12.1. The monoisotopic (exact) mass is 410 g/mol. The number of hydrogen-bond acceptors (Lipinski definition) is 4. The lowest BCUT2D eigenvalue weighted by atomic mass is 10.1. The number of nitrogens with one attached hydrogen (secondary N) is 2. The molecule has 5 nitrogen and oxygen atoms in total. The first kappa shape index (κ1) is 18.5. The van der Waals surface area contributed by atoms with E-state index >= 15 is 0 Å². The first-order valence-electron chi connectivity index (χ1n) is 7.50. The number of hydrogen-bond donors (Lipinski definition) is 2. The van der Waals surface area contributed by atoms with Crippen LogP contribution in [0, 0.1) is 0 Å². The van der Waals surface area contributed by atoms with E-state index in [-0.39, 0.29) is 24.3 Å². The Morgan fingerprint density at radius 3 is 2.79 bits per heavy atom. The number of rotatable bonds is 8. The van der Waals surface area contributed by atoms with Gasteiger partial charge in [-0.25, -0.2) is 0 Å². The van der Waals surface area contributed by atoms with Crippen LogP contribution in [0.1, 0.15) is 24.3 Å². The molecule has 0 fully saturated rings. The number of ether oxygens (including phenoxy) is 1. The quantitative estimate of drug-likeness (QED) is 0.656. The molecular weight excluding hydrogens is 392 g/mol. The lowest BCUT2D eigenvalue weighted by molar-refractivity contribution is -0.122. The van der Waals surface area contributed by atoms with Crippen LogP contribution < -0.4 is 15.4 Å². The van der Waals surface area contributed by atoms with E-state index in [9.17, 15) is 9.59 Å². The van der Waals surface area contributed by atoms with E-state index in [0.29, 0.717) is 13.2 Å². The van der Waals surface area contributed by atoms with Gasteiger partial charge < -0.3 is 15.4 Å². The first-order chi connectivity index (χ1) is 11.5. The summed E-state index contributed by atoms with van der Waals surface area (Å²) in [7, 11) is 0. The summed E-state index contributed by atoms with van der Waals surface area (Å²) in [5.41, 5.74) is 0. The van der Waals surface area contributed by atoms with Crippen LogP contribution in [0.5, 0.6) is 5.75 Å². The predicted molar refractivity (Wildman–Crippen MR) is 98.1 cm³/mol. The highest BCUT2D eigenvalue weighted by molar-refractivity contribution is 9.10. The van der Waals surface area contributed by atoms with Crippen LogP contribution in [0.3, 0.4) is 0 Å². The van der Waals surface area contributed by atoms with E-state index in [4.69, 9.17) is 4.74 Å². The molecule has 7 heteroatoms. The molecule has 1 aromatic heterocycles. The molecule has 1 heterocycles. The van der Waals surface area contributed by atoms with Crippen molar-refractivity contribution in [2.75, 3.05) is 13.2 Å². The van der Waals surface area contributed by atoms with Gasteiger partial charge in [-0.15, -0.1) is 11.3 Å². The van der Waals surface area contributed by atoms with Crippen LogP contribution in [-0.4, -0.2) is 25.0 Å². The van der Waals surface area contributed by atoms with Gasteiger partial charge in [-0.3, -0.25) is 9.59 Å². The SMILES string of the molecule is CC(=O)NC(CC(=O)NCCOc1cccc(Br)c1)c1cccs1. The lowest BCUT2D eigenvalue weighted by Crippen LogP contribution is -2.34. The summed E-state index contributed by atoms with van der Waals surface area (Å²) in [6, 6.07) is 11.0. The average molecular weight is 411 g/mol. The molecule has 1 unspecified atom stereocenters. The molecule has 1 aromatic carbocycles. The van der Waals surface area contributed by atoms with Crippen molar-refractivity contribution in [3.8, 4) is 5.75 Å². The zero-order chi connectivity index (χ0) is 17.4. The molecule has 1 atom stereocenters. The van der Waals surface area contributed by atoms with Crippen molar-refractivity contribution in [3.63, 3.8) is 0 Å². The van der Waals surface area contributed by atoms with Gasteiger partial charge in [-0.2, -0.15) is 0 Å². The van der Waals surface area contributed by atoms with Crippen molar-refractivity contribution in [2.24, 2.45) is 0 Å². The van der Waals surface area contributed by atoms with Crippen LogP contribution in [0.4, 0.5) is 0 Å². The molecule has 2 aromatic rings. The van der Waals surface area contributed by atoms with Gasteiger partial charge in [-0.05, 0) is 29.6 Å². The van der Waals surface area contributed by atoms with Gasteiger partial charge >= 0.3 is 0 Å². The Labute approximate surface area is 153 Å². The molecule has 0 aliphatic heterocycles. The molecular formula is C17H19BrN2O3S. The number of carbonyl (C=O) groups excluding carboxylic acids is 2. The summed E-state index contributed by atoms with van der Waals surface area (Å²) in [6.07, 6.45) is 0.205. The predicted octanol–water partition coefficient (Wildman–Crippen LogP) is 3.27. The van der Waals surface area contributed by atoms with E-state index in [1.54, 1.807) is 0 Å². The minimum atomic E-state index is -0.298. The third-order valence-electron chi connectivity index (χ3n) is 3.14. The number of thiophene rings is 1. The number of halogens is 1. The molecule has 128 valence electrons. The highest BCUT2D eigenvalue weighted by atomic mass is 79.9. The summed E-state index contributed by atoms with van der Waals surface area (Å²) in [4.78, 5) is 24.4. The fraction of sp³-hybridized carbons (Fsp3) is 0.294. The maximum absolute atomic E-state index is 12.1. The first-order valence-corrected chi connectivity index (χ1v) is 9.17. The summed E-state index contributed by atoms with van der Waals surface area (Å²) < 4.78 is 6.51. The van der Waals surface area contributed by atoms with E-state index in [0.717, 1.165) is 15.1 Å². The van der Waals surface area contributed by atoms with Gasteiger partial charge in [-0.1, -0.05) is 28.1 Å². The fourth-order valence-electron chi connectivity index (χ4n) is 2.13. The van der Waals surface area contributed by atoms with Crippen LogP contribution >= 0.6 is 27.3 Å². The molecule has 0 saturated heterocycles. The molecule has 0 spiro atoms. The van der Waals surface area contributed by atoms with Gasteiger partial charge in [0.2, 0.25) is 11.8 Å². The minimum Gasteiger partial charge on any atom is -0.492 e. The molecule has 24 heavy (non-hydrogen) atoms. The fourth-order valence-corrected chi connectivity index (χ4v) is 3.29. The van der Waals surface area contributed by atoms with Crippen LogP contribution in [0.15, 0.2) is 46.3 Å². The topological polar surface area (TPSA) is 67.4 Å². The normalized spacial score (nSPS) is 11.6. The Hall–Kier alpha value is -1.86. The lowest BCUT2D eigenvalue weighted by Gasteiger charge is -2.16. The number of carbonyl (C=O) groups is 2. The second kappa shape index (κ2) is 9.44. The van der Waals surface area contributed by atoms with Crippen molar-refractivity contribution in [1.29, 1.82) is 0 Å².